The zero-order chi connectivity index (χ0) is 19.8. The number of fused-ring (bicyclic) bond motifs is 2. The van der Waals surface area contributed by atoms with Crippen LogP contribution in [0.4, 0.5) is 4.39 Å². The lowest BCUT2D eigenvalue weighted by atomic mass is 9.92. The van der Waals surface area contributed by atoms with Crippen LogP contribution < -0.4 is 0 Å². The SMILES string of the molecule is Fc1ccc2c(C3CCN(OCCn4nnc5ccc(Cl)cc54)CC3)noc2c1. The smallest absolute Gasteiger partial charge is 0.170 e. The van der Waals surface area contributed by atoms with Crippen molar-refractivity contribution in [2.75, 3.05) is 19.7 Å². The molecule has 2 aromatic carbocycles. The molecule has 9 heteroatoms. The van der Waals surface area contributed by atoms with Crippen LogP contribution in [0.15, 0.2) is 40.9 Å². The Labute approximate surface area is 170 Å². The van der Waals surface area contributed by atoms with Crippen LogP contribution in [-0.2, 0) is 11.4 Å². The van der Waals surface area contributed by atoms with Crippen molar-refractivity contribution in [1.29, 1.82) is 0 Å². The van der Waals surface area contributed by atoms with Gasteiger partial charge < -0.3 is 4.52 Å². The summed E-state index contributed by atoms with van der Waals surface area (Å²) in [5.74, 6) is -0.0335. The van der Waals surface area contributed by atoms with E-state index >= 15 is 0 Å². The highest BCUT2D eigenvalue weighted by atomic mass is 35.5. The molecule has 0 atom stereocenters. The molecule has 150 valence electrons. The molecule has 3 heterocycles. The Morgan fingerprint density at radius 3 is 2.90 bits per heavy atom. The summed E-state index contributed by atoms with van der Waals surface area (Å²) in [5.41, 5.74) is 3.12. The molecule has 1 fully saturated rings. The Morgan fingerprint density at radius 2 is 2.03 bits per heavy atom. The van der Waals surface area contributed by atoms with Gasteiger partial charge in [0.15, 0.2) is 5.58 Å². The van der Waals surface area contributed by atoms with Crippen LogP contribution in [0.1, 0.15) is 24.5 Å². The molecule has 1 saturated heterocycles. The van der Waals surface area contributed by atoms with Crippen LogP contribution in [0.2, 0.25) is 5.02 Å². The molecule has 5 rings (SSSR count). The zero-order valence-corrected chi connectivity index (χ0v) is 16.3. The summed E-state index contributed by atoms with van der Waals surface area (Å²) in [4.78, 5) is 5.92. The summed E-state index contributed by atoms with van der Waals surface area (Å²) in [6.07, 6.45) is 1.81. The first kappa shape index (κ1) is 18.5. The number of piperidine rings is 1. The number of halogens is 2. The maximum atomic E-state index is 13.3. The fourth-order valence-corrected chi connectivity index (χ4v) is 4.01. The van der Waals surface area contributed by atoms with E-state index < -0.39 is 0 Å². The average Bonchev–Trinajstić information content (AvgIpc) is 3.32. The first-order valence-corrected chi connectivity index (χ1v) is 9.96. The molecule has 1 aliphatic rings. The molecule has 0 aliphatic carbocycles. The van der Waals surface area contributed by atoms with Crippen molar-refractivity contribution >= 4 is 33.6 Å². The van der Waals surface area contributed by atoms with Gasteiger partial charge in [-0.25, -0.2) is 9.07 Å². The van der Waals surface area contributed by atoms with Gasteiger partial charge in [0.1, 0.15) is 11.3 Å². The van der Waals surface area contributed by atoms with E-state index in [2.05, 4.69) is 15.5 Å². The number of nitrogens with zero attached hydrogens (tertiary/aromatic N) is 5. The van der Waals surface area contributed by atoms with Crippen molar-refractivity contribution in [1.82, 2.24) is 25.2 Å². The van der Waals surface area contributed by atoms with Crippen LogP contribution in [0.25, 0.3) is 22.0 Å². The predicted molar refractivity (Wildman–Crippen MR) is 106 cm³/mol. The minimum atomic E-state index is -0.314. The Morgan fingerprint density at radius 1 is 1.17 bits per heavy atom. The van der Waals surface area contributed by atoms with E-state index in [0.717, 1.165) is 48.0 Å². The molecule has 29 heavy (non-hydrogen) atoms. The van der Waals surface area contributed by atoms with Gasteiger partial charge in [0, 0.05) is 35.5 Å². The summed E-state index contributed by atoms with van der Waals surface area (Å²) >= 11 is 6.06. The van der Waals surface area contributed by atoms with Crippen LogP contribution in [0, 0.1) is 5.82 Å². The minimum Gasteiger partial charge on any atom is -0.356 e. The van der Waals surface area contributed by atoms with Crippen molar-refractivity contribution in [3.63, 3.8) is 0 Å². The number of hydrogen-bond acceptors (Lipinski definition) is 6. The van der Waals surface area contributed by atoms with E-state index in [1.165, 1.54) is 12.1 Å². The summed E-state index contributed by atoms with van der Waals surface area (Å²) in [5, 5.41) is 16.0. The molecule has 0 saturated carbocycles. The van der Waals surface area contributed by atoms with Gasteiger partial charge in [-0.05, 0) is 43.2 Å². The third-order valence-electron chi connectivity index (χ3n) is 5.36. The Kier molecular flexibility index (Phi) is 4.91. The van der Waals surface area contributed by atoms with E-state index in [1.54, 1.807) is 16.8 Å². The third kappa shape index (κ3) is 3.71. The van der Waals surface area contributed by atoms with Crippen molar-refractivity contribution in [3.05, 3.63) is 52.9 Å². The third-order valence-corrected chi connectivity index (χ3v) is 5.59. The normalized spacial score (nSPS) is 16.2. The number of hydroxylamine groups is 2. The predicted octanol–water partition coefficient (Wildman–Crippen LogP) is 4.18. The molecule has 0 N–H and O–H groups in total. The standard InChI is InChI=1S/C20H19ClFN5O2/c21-14-1-4-17-18(11-14)27(25-23-17)9-10-28-26-7-5-13(6-8-26)20-16-3-2-15(22)12-19(16)29-24-20/h1-4,11-13H,5-10H2. The fourth-order valence-electron chi connectivity index (χ4n) is 3.84. The van der Waals surface area contributed by atoms with Crippen molar-refractivity contribution in [2.45, 2.75) is 25.3 Å². The molecular weight excluding hydrogens is 397 g/mol. The molecule has 0 unspecified atom stereocenters. The molecule has 0 radical (unpaired) electrons. The first-order valence-electron chi connectivity index (χ1n) is 9.59. The maximum Gasteiger partial charge on any atom is 0.170 e. The number of benzene rings is 2. The monoisotopic (exact) mass is 415 g/mol. The maximum absolute atomic E-state index is 13.3. The molecule has 4 aromatic rings. The van der Waals surface area contributed by atoms with Gasteiger partial charge in [0.2, 0.25) is 0 Å². The van der Waals surface area contributed by atoms with Gasteiger partial charge in [-0.1, -0.05) is 22.0 Å². The van der Waals surface area contributed by atoms with Gasteiger partial charge >= 0.3 is 0 Å². The quantitative estimate of drug-likeness (QED) is 0.487. The second-order valence-corrected chi connectivity index (χ2v) is 7.63. The lowest BCUT2D eigenvalue weighted by molar-refractivity contribution is -0.172. The van der Waals surface area contributed by atoms with Crippen LogP contribution in [0.3, 0.4) is 0 Å². The molecule has 0 amide bonds. The highest BCUT2D eigenvalue weighted by molar-refractivity contribution is 6.31. The van der Waals surface area contributed by atoms with Crippen LogP contribution in [0.5, 0.6) is 0 Å². The summed E-state index contributed by atoms with van der Waals surface area (Å²) in [6, 6.07) is 10.1. The Hall–Kier alpha value is -2.55. The highest BCUT2D eigenvalue weighted by Crippen LogP contribution is 2.32. The van der Waals surface area contributed by atoms with E-state index in [9.17, 15) is 4.39 Å². The van der Waals surface area contributed by atoms with E-state index in [0.29, 0.717) is 23.8 Å². The lowest BCUT2D eigenvalue weighted by Gasteiger charge is -2.30. The largest absolute Gasteiger partial charge is 0.356 e. The number of rotatable bonds is 5. The minimum absolute atomic E-state index is 0.281. The molecular formula is C20H19ClFN5O2. The highest BCUT2D eigenvalue weighted by Gasteiger charge is 2.25. The number of aromatic nitrogens is 4. The Bertz CT molecular complexity index is 1150. The zero-order valence-electron chi connectivity index (χ0n) is 15.6. The average molecular weight is 416 g/mol. The van der Waals surface area contributed by atoms with Gasteiger partial charge in [-0.3, -0.25) is 4.84 Å². The van der Waals surface area contributed by atoms with Gasteiger partial charge in [0.25, 0.3) is 0 Å². The molecule has 7 nitrogen and oxygen atoms in total. The van der Waals surface area contributed by atoms with Gasteiger partial charge in [-0.15, -0.1) is 5.10 Å². The fraction of sp³-hybridized carbons (Fsp3) is 0.350. The molecule has 2 aromatic heterocycles. The summed E-state index contributed by atoms with van der Waals surface area (Å²) < 4.78 is 20.4. The van der Waals surface area contributed by atoms with E-state index in [4.69, 9.17) is 21.0 Å². The van der Waals surface area contributed by atoms with E-state index in [-0.39, 0.29) is 11.7 Å². The van der Waals surface area contributed by atoms with Crippen LogP contribution in [-0.4, -0.2) is 44.9 Å². The van der Waals surface area contributed by atoms with E-state index in [1.807, 2.05) is 17.2 Å². The summed E-state index contributed by atoms with van der Waals surface area (Å²) in [7, 11) is 0. The topological polar surface area (TPSA) is 69.2 Å². The summed E-state index contributed by atoms with van der Waals surface area (Å²) in [6.45, 7) is 2.69. The molecule has 1 aliphatic heterocycles. The van der Waals surface area contributed by atoms with Crippen LogP contribution >= 0.6 is 11.6 Å². The number of hydrogen-bond donors (Lipinski definition) is 0. The van der Waals surface area contributed by atoms with Crippen molar-refractivity contribution < 1.29 is 13.8 Å². The first-order chi connectivity index (χ1) is 14.2. The van der Waals surface area contributed by atoms with Gasteiger partial charge in [0.05, 0.1) is 24.4 Å². The molecule has 0 spiro atoms. The van der Waals surface area contributed by atoms with Gasteiger partial charge in [-0.2, -0.15) is 5.06 Å². The Balaban J connectivity index is 1.16. The lowest BCUT2D eigenvalue weighted by Crippen LogP contribution is -2.34. The second kappa shape index (κ2) is 7.70. The van der Waals surface area contributed by atoms with Crippen molar-refractivity contribution in [2.24, 2.45) is 0 Å². The second-order valence-electron chi connectivity index (χ2n) is 7.19. The molecule has 0 bridgehead atoms. The van der Waals surface area contributed by atoms with Crippen molar-refractivity contribution in [3.8, 4) is 0 Å².